The summed E-state index contributed by atoms with van der Waals surface area (Å²) in [7, 11) is 1.84. The first-order valence-corrected chi connectivity index (χ1v) is 6.54. The van der Waals surface area contributed by atoms with Gasteiger partial charge < -0.3 is 5.11 Å². The number of aromatic nitrogens is 2. The van der Waals surface area contributed by atoms with Crippen molar-refractivity contribution in [1.29, 1.82) is 0 Å². The highest BCUT2D eigenvalue weighted by Gasteiger charge is 2.15. The lowest BCUT2D eigenvalue weighted by molar-refractivity contribution is 0.193. The lowest BCUT2D eigenvalue weighted by atomic mass is 10.3. The van der Waals surface area contributed by atoms with E-state index in [1.165, 1.54) is 0 Å². The van der Waals surface area contributed by atoms with E-state index < -0.39 is 6.10 Å². The van der Waals surface area contributed by atoms with E-state index in [0.29, 0.717) is 0 Å². The van der Waals surface area contributed by atoms with Crippen LogP contribution in [-0.2, 0) is 7.05 Å². The average molecular weight is 279 g/mol. The second-order valence-electron chi connectivity index (χ2n) is 3.09. The normalized spacial score (nSPS) is 13.1. The molecule has 0 amide bonds. The summed E-state index contributed by atoms with van der Waals surface area (Å²) in [6.07, 6.45) is 2.42. The van der Waals surface area contributed by atoms with Crippen LogP contribution < -0.4 is 0 Å². The Labute approximate surface area is 97.0 Å². The van der Waals surface area contributed by atoms with E-state index >= 15 is 0 Å². The molecule has 0 radical (unpaired) electrons. The molecule has 1 heterocycles. The molecule has 0 saturated heterocycles. The second kappa shape index (κ2) is 5.78. The Hall–Kier alpha value is 0. The molecule has 0 aromatic carbocycles. The summed E-state index contributed by atoms with van der Waals surface area (Å²) in [5.74, 6) is 1.82. The van der Waals surface area contributed by atoms with Gasteiger partial charge in [0.05, 0.1) is 16.4 Å². The molecule has 1 rings (SSSR count). The lowest BCUT2D eigenvalue weighted by Gasteiger charge is -2.11. The van der Waals surface area contributed by atoms with Gasteiger partial charge in [-0.3, -0.25) is 4.68 Å². The maximum atomic E-state index is 9.89. The van der Waals surface area contributed by atoms with Gasteiger partial charge in [0, 0.05) is 12.8 Å². The van der Waals surface area contributed by atoms with Gasteiger partial charge in [0.2, 0.25) is 0 Å². The number of aliphatic hydroxyl groups is 1. The number of hydrogen-bond donors (Lipinski definition) is 1. The van der Waals surface area contributed by atoms with Gasteiger partial charge in [0.25, 0.3) is 0 Å². The number of hydrogen-bond acceptors (Lipinski definition) is 3. The highest BCUT2D eigenvalue weighted by atomic mass is 79.9. The summed E-state index contributed by atoms with van der Waals surface area (Å²) in [4.78, 5) is 0. The van der Waals surface area contributed by atoms with Crippen LogP contribution in [0.2, 0.25) is 0 Å². The molecule has 0 bridgehead atoms. The zero-order chi connectivity index (χ0) is 10.6. The maximum Gasteiger partial charge on any atom is 0.106 e. The Balaban J connectivity index is 2.55. The number of halogens is 1. The van der Waals surface area contributed by atoms with E-state index in [0.717, 1.165) is 28.1 Å². The molecule has 0 spiro atoms. The number of aryl methyl sites for hydroxylation is 1. The molecule has 0 aliphatic rings. The number of nitrogens with zero attached hydrogens (tertiary/aromatic N) is 2. The molecule has 14 heavy (non-hydrogen) atoms. The molecule has 0 saturated carbocycles. The first kappa shape index (κ1) is 12.1. The van der Waals surface area contributed by atoms with Crippen molar-refractivity contribution in [3.8, 4) is 0 Å². The minimum absolute atomic E-state index is 0.437. The van der Waals surface area contributed by atoms with Gasteiger partial charge in [-0.1, -0.05) is 6.92 Å². The first-order valence-electron chi connectivity index (χ1n) is 4.60. The monoisotopic (exact) mass is 278 g/mol. The SMILES string of the molecule is CCCSCC(O)c1c(Br)cnn1C. The van der Waals surface area contributed by atoms with Crippen molar-refractivity contribution in [2.75, 3.05) is 11.5 Å². The fourth-order valence-corrected chi connectivity index (χ4v) is 2.66. The fourth-order valence-electron chi connectivity index (χ4n) is 1.21. The standard InChI is InChI=1S/C9H15BrN2OS/c1-3-4-14-6-8(13)9-7(10)5-11-12(9)2/h5,8,13H,3-4,6H2,1-2H3. The molecular weight excluding hydrogens is 264 g/mol. The Bertz CT molecular complexity index is 271. The van der Waals surface area contributed by atoms with Gasteiger partial charge in [-0.2, -0.15) is 16.9 Å². The van der Waals surface area contributed by atoms with Crippen LogP contribution >= 0.6 is 27.7 Å². The number of aliphatic hydroxyl groups excluding tert-OH is 1. The molecule has 0 aliphatic heterocycles. The van der Waals surface area contributed by atoms with Gasteiger partial charge in [0.15, 0.2) is 0 Å². The first-order chi connectivity index (χ1) is 6.66. The Kier molecular flexibility index (Phi) is 4.98. The van der Waals surface area contributed by atoms with Crippen molar-refractivity contribution in [3.63, 3.8) is 0 Å². The summed E-state index contributed by atoms with van der Waals surface area (Å²) in [5, 5.41) is 14.0. The van der Waals surface area contributed by atoms with Gasteiger partial charge >= 0.3 is 0 Å². The summed E-state index contributed by atoms with van der Waals surface area (Å²) < 4.78 is 2.59. The molecule has 0 fully saturated rings. The molecule has 80 valence electrons. The van der Waals surface area contributed by atoms with Crippen molar-refractivity contribution in [2.45, 2.75) is 19.4 Å². The third-order valence-corrected chi connectivity index (χ3v) is 3.74. The van der Waals surface area contributed by atoms with Crippen LogP contribution in [-0.4, -0.2) is 26.4 Å². The van der Waals surface area contributed by atoms with Crippen molar-refractivity contribution in [3.05, 3.63) is 16.4 Å². The average Bonchev–Trinajstić information content (AvgIpc) is 2.46. The van der Waals surface area contributed by atoms with Crippen molar-refractivity contribution in [2.24, 2.45) is 7.05 Å². The fraction of sp³-hybridized carbons (Fsp3) is 0.667. The highest BCUT2D eigenvalue weighted by Crippen LogP contribution is 2.25. The molecule has 1 unspecified atom stereocenters. The Morgan fingerprint density at radius 3 is 2.93 bits per heavy atom. The van der Waals surface area contributed by atoms with Crippen LogP contribution in [0.3, 0.4) is 0 Å². The van der Waals surface area contributed by atoms with Crippen molar-refractivity contribution >= 4 is 27.7 Å². The van der Waals surface area contributed by atoms with Gasteiger partial charge in [-0.25, -0.2) is 0 Å². The lowest BCUT2D eigenvalue weighted by Crippen LogP contribution is -2.08. The summed E-state index contributed by atoms with van der Waals surface area (Å²) in [5.41, 5.74) is 0.855. The van der Waals surface area contributed by atoms with Crippen molar-refractivity contribution < 1.29 is 5.11 Å². The van der Waals surface area contributed by atoms with Crippen LogP contribution in [0.15, 0.2) is 10.7 Å². The molecule has 1 N–H and O–H groups in total. The van der Waals surface area contributed by atoms with Crippen LogP contribution in [0.5, 0.6) is 0 Å². The molecule has 1 aromatic heterocycles. The summed E-state index contributed by atoms with van der Waals surface area (Å²) in [6.45, 7) is 2.14. The topological polar surface area (TPSA) is 38.1 Å². The van der Waals surface area contributed by atoms with E-state index in [9.17, 15) is 5.11 Å². The van der Waals surface area contributed by atoms with E-state index in [4.69, 9.17) is 0 Å². The van der Waals surface area contributed by atoms with E-state index in [1.54, 1.807) is 22.6 Å². The van der Waals surface area contributed by atoms with Gasteiger partial charge in [-0.15, -0.1) is 0 Å². The molecule has 1 atom stereocenters. The number of rotatable bonds is 5. The van der Waals surface area contributed by atoms with Gasteiger partial charge in [0.1, 0.15) is 6.10 Å². The van der Waals surface area contributed by atoms with E-state index in [1.807, 2.05) is 7.05 Å². The Morgan fingerprint density at radius 2 is 2.43 bits per heavy atom. The molecule has 0 aliphatic carbocycles. The van der Waals surface area contributed by atoms with E-state index in [-0.39, 0.29) is 0 Å². The molecule has 5 heteroatoms. The minimum atomic E-state index is -0.437. The smallest absolute Gasteiger partial charge is 0.106 e. The molecular formula is C9H15BrN2OS. The number of thioether (sulfide) groups is 1. The zero-order valence-corrected chi connectivity index (χ0v) is 10.8. The largest absolute Gasteiger partial charge is 0.386 e. The third kappa shape index (κ3) is 3.00. The molecule has 1 aromatic rings. The summed E-state index contributed by atoms with van der Waals surface area (Å²) in [6, 6.07) is 0. The predicted molar refractivity (Wildman–Crippen MR) is 63.5 cm³/mol. The third-order valence-electron chi connectivity index (χ3n) is 1.88. The predicted octanol–water partition coefficient (Wildman–Crippen LogP) is 2.36. The summed E-state index contributed by atoms with van der Waals surface area (Å²) >= 11 is 5.14. The van der Waals surface area contributed by atoms with Crippen molar-refractivity contribution in [1.82, 2.24) is 9.78 Å². The second-order valence-corrected chi connectivity index (χ2v) is 5.10. The van der Waals surface area contributed by atoms with Crippen LogP contribution in [0.1, 0.15) is 25.1 Å². The van der Waals surface area contributed by atoms with Crippen LogP contribution in [0.4, 0.5) is 0 Å². The van der Waals surface area contributed by atoms with Crippen LogP contribution in [0.25, 0.3) is 0 Å². The molecule has 3 nitrogen and oxygen atoms in total. The maximum absolute atomic E-state index is 9.89. The zero-order valence-electron chi connectivity index (χ0n) is 8.40. The van der Waals surface area contributed by atoms with Crippen LogP contribution in [0, 0.1) is 0 Å². The minimum Gasteiger partial charge on any atom is -0.386 e. The Morgan fingerprint density at radius 1 is 1.71 bits per heavy atom. The quantitative estimate of drug-likeness (QED) is 0.841. The van der Waals surface area contributed by atoms with Gasteiger partial charge in [-0.05, 0) is 28.1 Å². The highest BCUT2D eigenvalue weighted by molar-refractivity contribution is 9.10. The van der Waals surface area contributed by atoms with E-state index in [2.05, 4.69) is 28.0 Å².